The first kappa shape index (κ1) is 25.6. The van der Waals surface area contributed by atoms with Crippen LogP contribution in [0.15, 0.2) is 0 Å². The zero-order valence-electron chi connectivity index (χ0n) is 16.4. The van der Waals surface area contributed by atoms with E-state index in [1.165, 1.54) is 0 Å². The van der Waals surface area contributed by atoms with Gasteiger partial charge in [-0.25, -0.2) is 0 Å². The van der Waals surface area contributed by atoms with Crippen molar-refractivity contribution in [2.45, 2.75) is 39.0 Å². The molecule has 0 bridgehead atoms. The van der Waals surface area contributed by atoms with E-state index in [1.807, 2.05) is 28.5 Å². The van der Waals surface area contributed by atoms with Gasteiger partial charge in [-0.05, 0) is 13.5 Å². The monoisotopic (exact) mass is 405 g/mol. The van der Waals surface area contributed by atoms with E-state index in [4.69, 9.17) is 9.47 Å². The molecular formula is C18H35N3O3S2. The molecule has 0 aromatic rings. The van der Waals surface area contributed by atoms with Crippen LogP contribution in [0, 0.1) is 11.8 Å². The lowest BCUT2D eigenvalue weighted by Gasteiger charge is -2.13. The summed E-state index contributed by atoms with van der Waals surface area (Å²) in [6.45, 7) is 11.7. The summed E-state index contributed by atoms with van der Waals surface area (Å²) in [5.41, 5.74) is 0. The van der Waals surface area contributed by atoms with Gasteiger partial charge < -0.3 is 25.4 Å². The summed E-state index contributed by atoms with van der Waals surface area (Å²) in [5, 5.41) is 9.86. The molecule has 1 atom stereocenters. The third-order valence-electron chi connectivity index (χ3n) is 3.02. The molecule has 0 aliphatic carbocycles. The van der Waals surface area contributed by atoms with Crippen molar-refractivity contribution < 1.29 is 14.3 Å². The van der Waals surface area contributed by atoms with Crippen LogP contribution in [0.1, 0.15) is 33.6 Å². The number of ether oxygens (including phenoxy) is 2. The Labute approximate surface area is 167 Å². The summed E-state index contributed by atoms with van der Waals surface area (Å²) in [6, 6.07) is 0. The standard InChI is InChI=1S/C18H35N3O3S2/c1-4-6-7-9-21-18(22)8-12-23-14-15-24-13-10-20-17(3)26-25-16-11-19-5-2/h17,19-20H,4-5,8-16H2,1-3H3,(H,21,22). The molecule has 1 amide bonds. The molecule has 0 aromatic heterocycles. The van der Waals surface area contributed by atoms with E-state index in [0.717, 1.165) is 31.8 Å². The second kappa shape index (κ2) is 20.9. The Hall–Kier alpha value is -0.430. The molecule has 0 aliphatic rings. The Bertz CT molecular complexity index is 390. The molecular weight excluding hydrogens is 370 g/mol. The van der Waals surface area contributed by atoms with Crippen LogP contribution in [0.25, 0.3) is 0 Å². The van der Waals surface area contributed by atoms with Crippen LogP contribution >= 0.6 is 21.6 Å². The summed E-state index contributed by atoms with van der Waals surface area (Å²) >= 11 is 0. The molecule has 8 heteroatoms. The van der Waals surface area contributed by atoms with Crippen molar-refractivity contribution in [1.29, 1.82) is 0 Å². The van der Waals surface area contributed by atoms with Crippen molar-refractivity contribution in [3.8, 4) is 11.8 Å². The molecule has 6 nitrogen and oxygen atoms in total. The molecule has 0 saturated heterocycles. The van der Waals surface area contributed by atoms with Gasteiger partial charge in [-0.3, -0.25) is 4.79 Å². The summed E-state index contributed by atoms with van der Waals surface area (Å²) in [6.07, 6.45) is 1.16. The fourth-order valence-electron chi connectivity index (χ4n) is 1.71. The van der Waals surface area contributed by atoms with Gasteiger partial charge in [0, 0.05) is 31.7 Å². The molecule has 0 saturated carbocycles. The molecule has 0 radical (unpaired) electrons. The van der Waals surface area contributed by atoms with Crippen molar-refractivity contribution in [3.05, 3.63) is 0 Å². The topological polar surface area (TPSA) is 71.6 Å². The molecule has 152 valence electrons. The molecule has 0 heterocycles. The van der Waals surface area contributed by atoms with Crippen LogP contribution in [-0.2, 0) is 14.3 Å². The lowest BCUT2D eigenvalue weighted by Crippen LogP contribution is -2.27. The molecule has 3 N–H and O–H groups in total. The Morgan fingerprint density at radius 1 is 1.08 bits per heavy atom. The predicted octanol–water partition coefficient (Wildman–Crippen LogP) is 1.87. The Balaban J connectivity index is 3.26. The van der Waals surface area contributed by atoms with Crippen LogP contribution in [0.5, 0.6) is 0 Å². The van der Waals surface area contributed by atoms with Gasteiger partial charge >= 0.3 is 0 Å². The minimum absolute atomic E-state index is 0.0321. The lowest BCUT2D eigenvalue weighted by atomic mass is 10.4. The van der Waals surface area contributed by atoms with Gasteiger partial charge in [-0.1, -0.05) is 41.4 Å². The van der Waals surface area contributed by atoms with Gasteiger partial charge in [-0.2, -0.15) is 0 Å². The Morgan fingerprint density at radius 2 is 1.85 bits per heavy atom. The SMILES string of the molecule is CCC#CCNC(=O)CCOCCOCCNC(C)SSCCNCC. The highest BCUT2D eigenvalue weighted by Gasteiger charge is 2.02. The smallest absolute Gasteiger partial charge is 0.223 e. The van der Waals surface area contributed by atoms with E-state index in [1.54, 1.807) is 0 Å². The minimum Gasteiger partial charge on any atom is -0.379 e. The number of carbonyl (C=O) groups excluding carboxylic acids is 1. The zero-order chi connectivity index (χ0) is 19.3. The third kappa shape index (κ3) is 19.9. The average Bonchev–Trinajstić information content (AvgIpc) is 2.63. The van der Waals surface area contributed by atoms with Gasteiger partial charge in [0.15, 0.2) is 0 Å². The maximum Gasteiger partial charge on any atom is 0.223 e. The molecule has 0 rings (SSSR count). The molecule has 0 fully saturated rings. The number of hydrogen-bond acceptors (Lipinski definition) is 7. The second-order valence-corrected chi connectivity index (χ2v) is 8.15. The fraction of sp³-hybridized carbons (Fsp3) is 0.833. The van der Waals surface area contributed by atoms with Crippen molar-refractivity contribution in [1.82, 2.24) is 16.0 Å². The number of rotatable bonds is 17. The van der Waals surface area contributed by atoms with E-state index in [9.17, 15) is 4.79 Å². The van der Waals surface area contributed by atoms with Gasteiger partial charge in [0.05, 0.1) is 38.3 Å². The molecule has 0 spiro atoms. The van der Waals surface area contributed by atoms with E-state index >= 15 is 0 Å². The Morgan fingerprint density at radius 3 is 2.58 bits per heavy atom. The van der Waals surface area contributed by atoms with Crippen LogP contribution in [-0.4, -0.2) is 69.6 Å². The number of amides is 1. The van der Waals surface area contributed by atoms with Crippen LogP contribution in [0.4, 0.5) is 0 Å². The maximum atomic E-state index is 11.5. The van der Waals surface area contributed by atoms with Crippen LogP contribution in [0.3, 0.4) is 0 Å². The Kier molecular flexibility index (Phi) is 20.5. The first-order chi connectivity index (χ1) is 12.7. The molecule has 0 aromatic carbocycles. The predicted molar refractivity (Wildman–Crippen MR) is 113 cm³/mol. The van der Waals surface area contributed by atoms with E-state index in [2.05, 4.69) is 41.6 Å². The van der Waals surface area contributed by atoms with Gasteiger partial charge in [-0.15, -0.1) is 5.92 Å². The van der Waals surface area contributed by atoms with Crippen LogP contribution < -0.4 is 16.0 Å². The first-order valence-corrected chi connectivity index (χ1v) is 11.7. The minimum atomic E-state index is -0.0321. The number of carbonyl (C=O) groups is 1. The van der Waals surface area contributed by atoms with Crippen molar-refractivity contribution in [2.75, 3.05) is 58.4 Å². The largest absolute Gasteiger partial charge is 0.379 e. The summed E-state index contributed by atoms with van der Waals surface area (Å²) in [7, 11) is 3.73. The van der Waals surface area contributed by atoms with E-state index in [-0.39, 0.29) is 5.91 Å². The van der Waals surface area contributed by atoms with Gasteiger partial charge in [0.25, 0.3) is 0 Å². The third-order valence-corrected chi connectivity index (χ3v) is 5.76. The van der Waals surface area contributed by atoms with Gasteiger partial charge in [0.2, 0.25) is 5.91 Å². The summed E-state index contributed by atoms with van der Waals surface area (Å²) in [4.78, 5) is 11.5. The highest BCUT2D eigenvalue weighted by Crippen LogP contribution is 2.24. The van der Waals surface area contributed by atoms with Crippen molar-refractivity contribution in [3.63, 3.8) is 0 Å². The number of hydrogen-bond donors (Lipinski definition) is 3. The fourth-order valence-corrected chi connectivity index (χ4v) is 3.78. The number of nitrogens with one attached hydrogen (secondary N) is 3. The molecule has 1 unspecified atom stereocenters. The van der Waals surface area contributed by atoms with Crippen molar-refractivity contribution >= 4 is 27.5 Å². The summed E-state index contributed by atoms with van der Waals surface area (Å²) < 4.78 is 10.9. The average molecular weight is 406 g/mol. The zero-order valence-corrected chi connectivity index (χ0v) is 18.0. The summed E-state index contributed by atoms with van der Waals surface area (Å²) in [5.74, 6) is 6.86. The van der Waals surface area contributed by atoms with Crippen molar-refractivity contribution in [2.24, 2.45) is 0 Å². The van der Waals surface area contributed by atoms with E-state index < -0.39 is 0 Å². The molecule has 26 heavy (non-hydrogen) atoms. The van der Waals surface area contributed by atoms with Gasteiger partial charge in [0.1, 0.15) is 0 Å². The highest BCUT2D eigenvalue weighted by molar-refractivity contribution is 8.76. The van der Waals surface area contributed by atoms with E-state index in [0.29, 0.717) is 44.8 Å². The maximum absolute atomic E-state index is 11.5. The quantitative estimate of drug-likeness (QED) is 0.148. The second-order valence-electron chi connectivity index (χ2n) is 5.33. The van der Waals surface area contributed by atoms with Crippen LogP contribution in [0.2, 0.25) is 0 Å². The first-order valence-electron chi connectivity index (χ1n) is 9.30. The lowest BCUT2D eigenvalue weighted by molar-refractivity contribution is -0.122. The molecule has 0 aliphatic heterocycles. The highest BCUT2D eigenvalue weighted by atomic mass is 33.1. The normalized spacial score (nSPS) is 11.7.